The van der Waals surface area contributed by atoms with E-state index in [2.05, 4.69) is 173 Å². The molecule has 0 spiro atoms. The molecule has 0 N–H and O–H groups in total. The van der Waals surface area contributed by atoms with Crippen LogP contribution in [0.25, 0.3) is 0 Å². The Morgan fingerprint density at radius 3 is 1.90 bits per heavy atom. The first kappa shape index (κ1) is 27.5. The summed E-state index contributed by atoms with van der Waals surface area (Å²) in [5.74, 6) is 1.04. The fourth-order valence-electron chi connectivity index (χ4n) is 5.79. The Hall–Kier alpha value is -3.04. The average Bonchev–Trinajstić information content (AvgIpc) is 3.34. The minimum atomic E-state index is 0.00770. The quantitative estimate of drug-likeness (QED) is 0.177. The number of fused-ring (bicyclic) bond motifs is 3. The Morgan fingerprint density at radius 1 is 0.769 bits per heavy atom. The van der Waals surface area contributed by atoms with Gasteiger partial charge in [-0.1, -0.05) is 106 Å². The van der Waals surface area contributed by atoms with E-state index in [9.17, 15) is 0 Å². The Balaban J connectivity index is 0.00000151. The molecule has 0 aliphatic carbocycles. The van der Waals surface area contributed by atoms with Gasteiger partial charge in [-0.15, -0.1) is 6.67 Å². The van der Waals surface area contributed by atoms with Crippen molar-refractivity contribution in [1.82, 2.24) is 4.90 Å². The number of aliphatic imine (C=N–C) groups is 1. The molecular formula is C34H34ClCuN3. The number of rotatable bonds is 3. The van der Waals surface area contributed by atoms with Crippen LogP contribution in [0.5, 0.6) is 0 Å². The van der Waals surface area contributed by atoms with Crippen molar-refractivity contribution in [3.8, 4) is 0 Å². The van der Waals surface area contributed by atoms with Gasteiger partial charge in [0.25, 0.3) is 0 Å². The molecule has 0 unspecified atom stereocenters. The first-order chi connectivity index (χ1) is 18.8. The Bertz CT molecular complexity index is 1450. The molecule has 203 valence electrons. The molecule has 39 heavy (non-hydrogen) atoms. The molecule has 0 saturated carbocycles. The third-order valence-corrected chi connectivity index (χ3v) is 7.63. The number of benzene rings is 4. The summed E-state index contributed by atoms with van der Waals surface area (Å²) in [5.41, 5.74) is 10.1. The zero-order chi connectivity index (χ0) is 27.7. The van der Waals surface area contributed by atoms with E-state index in [1.807, 2.05) is 0 Å². The van der Waals surface area contributed by atoms with Gasteiger partial charge in [-0.05, 0) is 59.2 Å². The molecule has 0 radical (unpaired) electrons. The summed E-state index contributed by atoms with van der Waals surface area (Å²) in [7, 11) is 4.20. The molecule has 2 atom stereocenters. The maximum absolute atomic E-state index is 5.38. The molecule has 2 heterocycles. The molecule has 4 aromatic carbocycles. The van der Waals surface area contributed by atoms with Crippen LogP contribution in [0.2, 0.25) is 0 Å². The topological polar surface area (TPSA) is 18.8 Å². The van der Waals surface area contributed by atoms with Gasteiger partial charge >= 0.3 is 25.2 Å². The first-order valence-electron chi connectivity index (χ1n) is 13.3. The summed E-state index contributed by atoms with van der Waals surface area (Å²) in [6, 6.07) is 35.0. The number of hydrogen-bond acceptors (Lipinski definition) is 3. The van der Waals surface area contributed by atoms with Crippen LogP contribution in [0.3, 0.4) is 0 Å². The van der Waals surface area contributed by atoms with Gasteiger partial charge in [0.15, 0.2) is 0 Å². The third-order valence-electron chi connectivity index (χ3n) is 7.63. The van der Waals surface area contributed by atoms with Crippen LogP contribution in [0, 0.1) is 20.5 Å². The molecule has 6 rings (SSSR count). The number of nitrogens with zero attached hydrogens (tertiary/aromatic N) is 3. The number of aryl methyl sites for hydroxylation is 2. The second-order valence-electron chi connectivity index (χ2n) is 11.3. The van der Waals surface area contributed by atoms with E-state index < -0.39 is 0 Å². The second-order valence-corrected chi connectivity index (χ2v) is 11.3. The fourth-order valence-corrected chi connectivity index (χ4v) is 5.79. The van der Waals surface area contributed by atoms with Crippen LogP contribution in [0.15, 0.2) is 102 Å². The van der Waals surface area contributed by atoms with Crippen LogP contribution < -0.4 is 4.90 Å². The van der Waals surface area contributed by atoms with Crippen LogP contribution in [0.4, 0.5) is 11.4 Å². The number of anilines is 2. The molecule has 2 aliphatic rings. The van der Waals surface area contributed by atoms with Crippen molar-refractivity contribution < 1.29 is 15.1 Å². The standard InChI is InChI=1S/C34H34N3.ClH.Cu/c1-23-20-27(34(3,4)5)21-24(2)31(23)36-22-37-32(26-16-10-7-11-17-26)30(25-14-8-6-9-15-25)35-33(37)28-18-12-13-19-29(28)36;;/h6-22,30,32H,1-5H3;1H;/q-1;;+2/p-1/t30-,32-;;/m1../s1. The van der Waals surface area contributed by atoms with Crippen molar-refractivity contribution in [3.63, 3.8) is 0 Å². The Morgan fingerprint density at radius 2 is 1.31 bits per heavy atom. The van der Waals surface area contributed by atoms with E-state index in [0.29, 0.717) is 0 Å². The predicted molar refractivity (Wildman–Crippen MR) is 160 cm³/mol. The van der Waals surface area contributed by atoms with Crippen LogP contribution in [-0.4, -0.2) is 10.7 Å². The van der Waals surface area contributed by atoms with Crippen LogP contribution >= 0.6 is 10.1 Å². The van der Waals surface area contributed by atoms with Gasteiger partial charge in [-0.3, -0.25) is 4.99 Å². The third kappa shape index (κ3) is 5.14. The van der Waals surface area contributed by atoms with Crippen molar-refractivity contribution >= 4 is 27.3 Å². The Kier molecular flexibility index (Phi) is 7.91. The second kappa shape index (κ2) is 11.2. The van der Waals surface area contributed by atoms with E-state index in [1.54, 1.807) is 0 Å². The first-order valence-corrected chi connectivity index (χ1v) is 14.6. The fraction of sp³-hybridized carbons (Fsp3) is 0.235. The maximum atomic E-state index is 5.38. The van der Waals surface area contributed by atoms with Crippen molar-refractivity contribution in [3.05, 3.63) is 137 Å². The zero-order valence-electron chi connectivity index (χ0n) is 23.0. The number of hydrogen-bond donors (Lipinski definition) is 0. The summed E-state index contributed by atoms with van der Waals surface area (Å²) >= 11 is 3.66. The molecule has 3 nitrogen and oxygen atoms in total. The van der Waals surface area contributed by atoms with Gasteiger partial charge in [0.2, 0.25) is 0 Å². The van der Waals surface area contributed by atoms with Gasteiger partial charge in [0.05, 0.1) is 12.1 Å². The molecular weight excluding hydrogens is 549 g/mol. The van der Waals surface area contributed by atoms with E-state index in [4.69, 9.17) is 4.99 Å². The summed E-state index contributed by atoms with van der Waals surface area (Å²) in [5, 5.41) is 0. The molecule has 0 amide bonds. The van der Waals surface area contributed by atoms with Crippen LogP contribution in [0.1, 0.15) is 66.2 Å². The molecule has 0 bridgehead atoms. The van der Waals surface area contributed by atoms with Gasteiger partial charge in [-0.25, -0.2) is 0 Å². The Labute approximate surface area is 245 Å². The molecule has 5 heteroatoms. The van der Waals surface area contributed by atoms with E-state index in [1.165, 1.54) is 44.8 Å². The van der Waals surface area contributed by atoms with Crippen molar-refractivity contribution in [1.29, 1.82) is 0 Å². The molecule has 0 saturated heterocycles. The van der Waals surface area contributed by atoms with E-state index in [0.717, 1.165) is 5.84 Å². The van der Waals surface area contributed by atoms with Gasteiger partial charge in [0, 0.05) is 16.9 Å². The van der Waals surface area contributed by atoms with E-state index in [-0.39, 0.29) is 17.5 Å². The van der Waals surface area contributed by atoms with Crippen LogP contribution in [-0.2, 0) is 20.5 Å². The molecule has 4 aromatic rings. The average molecular weight is 584 g/mol. The summed E-state index contributed by atoms with van der Waals surface area (Å²) in [6.07, 6.45) is 0. The summed E-state index contributed by atoms with van der Waals surface area (Å²) in [6.45, 7) is 13.6. The monoisotopic (exact) mass is 582 g/mol. The minimum absolute atomic E-state index is 0.00770. The molecule has 2 aliphatic heterocycles. The van der Waals surface area contributed by atoms with Crippen molar-refractivity contribution in [2.45, 2.75) is 52.1 Å². The number of halogens is 1. The molecule has 0 aromatic heterocycles. The summed E-state index contributed by atoms with van der Waals surface area (Å²) in [4.78, 5) is 10.2. The predicted octanol–water partition coefficient (Wildman–Crippen LogP) is 9.10. The number of para-hydroxylation sites is 1. The van der Waals surface area contributed by atoms with Gasteiger partial charge in [-0.2, -0.15) is 0 Å². The van der Waals surface area contributed by atoms with E-state index >= 15 is 0 Å². The molecule has 0 fully saturated rings. The van der Waals surface area contributed by atoms with Gasteiger partial charge in [0.1, 0.15) is 5.84 Å². The van der Waals surface area contributed by atoms with Crippen molar-refractivity contribution in [2.75, 3.05) is 4.90 Å². The zero-order valence-corrected chi connectivity index (χ0v) is 24.7. The summed E-state index contributed by atoms with van der Waals surface area (Å²) < 4.78 is 0. The van der Waals surface area contributed by atoms with Crippen molar-refractivity contribution in [2.24, 2.45) is 4.99 Å². The normalized spacial score (nSPS) is 18.1. The van der Waals surface area contributed by atoms with Gasteiger partial charge < -0.3 is 9.80 Å². The number of amidine groups is 1. The SMILES string of the molecule is Cc1cc(C(C)(C)C)cc(C)c1N1[CH-]N2C(=N[C@H](c3ccccc3)[C@H]2c2ccccc2)c2ccccc21.[Cl][Cu+].